The monoisotopic (exact) mass is 352 g/mol. The topological polar surface area (TPSA) is 33.2 Å². The minimum absolute atomic E-state index is 0.388. The van der Waals surface area contributed by atoms with E-state index in [4.69, 9.17) is 23.2 Å². The summed E-state index contributed by atoms with van der Waals surface area (Å²) in [5.74, 6) is -0.615. The highest BCUT2D eigenvalue weighted by Gasteiger charge is 2.34. The normalized spacial score (nSPS) is 18.1. The number of nitrogens with zero attached hydrogens (tertiary/aromatic N) is 2. The van der Waals surface area contributed by atoms with Crippen molar-refractivity contribution in [3.8, 4) is 0 Å². The number of allylic oxidation sites excluding steroid dienone is 1. The number of carbonyl (C=O) groups excluding carboxylic acids is 1. The third-order valence-electron chi connectivity index (χ3n) is 2.83. The highest BCUT2D eigenvalue weighted by atomic mass is 35.5. The number of carbonyl (C=O) groups is 1. The molecule has 21 heavy (non-hydrogen) atoms. The number of alkyl halides is 3. The molecule has 0 bridgehead atoms. The molecule has 114 valence electrons. The van der Waals surface area contributed by atoms with Crippen molar-refractivity contribution in [2.24, 2.45) is 0 Å². The quantitative estimate of drug-likeness (QED) is 0.467. The van der Waals surface area contributed by atoms with E-state index >= 15 is 0 Å². The molecule has 0 aromatic carbocycles. The van der Waals surface area contributed by atoms with Gasteiger partial charge in [0.25, 0.3) is 0 Å². The van der Waals surface area contributed by atoms with Gasteiger partial charge in [-0.2, -0.15) is 8.78 Å². The van der Waals surface area contributed by atoms with Crippen LogP contribution in [0.25, 0.3) is 0 Å². The first-order valence-electron chi connectivity index (χ1n) is 6.17. The van der Waals surface area contributed by atoms with E-state index in [1.165, 1.54) is 11.8 Å². The molecular formula is C13H12Cl2F2N2OS. The molecule has 2 heterocycles. The van der Waals surface area contributed by atoms with Gasteiger partial charge in [-0.3, -0.25) is 4.79 Å². The van der Waals surface area contributed by atoms with Gasteiger partial charge in [-0.15, -0.1) is 11.8 Å². The zero-order chi connectivity index (χ0) is 15.5. The third-order valence-corrected chi connectivity index (χ3v) is 4.40. The fourth-order valence-electron chi connectivity index (χ4n) is 1.84. The Labute approximate surface area is 135 Å². The number of ketones is 1. The van der Waals surface area contributed by atoms with Crippen LogP contribution in [0.5, 0.6) is 0 Å². The van der Waals surface area contributed by atoms with Crippen molar-refractivity contribution in [2.75, 3.05) is 12.3 Å². The Kier molecular flexibility index (Phi) is 5.46. The molecule has 0 aliphatic carbocycles. The van der Waals surface area contributed by atoms with Crippen LogP contribution in [0.2, 0.25) is 5.15 Å². The van der Waals surface area contributed by atoms with E-state index in [0.717, 1.165) is 23.8 Å². The number of aromatic nitrogens is 1. The summed E-state index contributed by atoms with van der Waals surface area (Å²) in [6, 6.07) is 3.47. The van der Waals surface area contributed by atoms with Gasteiger partial charge in [-0.1, -0.05) is 17.7 Å². The second-order valence-electron chi connectivity index (χ2n) is 4.46. The molecule has 1 aromatic rings. The van der Waals surface area contributed by atoms with Gasteiger partial charge in [0.05, 0.1) is 5.03 Å². The number of pyridine rings is 1. The Morgan fingerprint density at radius 3 is 2.90 bits per heavy atom. The SMILES string of the molecule is O=C(C=C1SCCCN1Cc1ccc(Cl)nc1)C(F)(F)Cl. The number of hydrogen-bond donors (Lipinski definition) is 0. The van der Waals surface area contributed by atoms with Crippen LogP contribution in [0.1, 0.15) is 12.0 Å². The molecule has 0 atom stereocenters. The second kappa shape index (κ2) is 6.94. The maximum absolute atomic E-state index is 12.8. The largest absolute Gasteiger partial charge is 0.384 e. The Hall–Kier alpha value is -0.850. The van der Waals surface area contributed by atoms with Crippen molar-refractivity contribution in [1.82, 2.24) is 9.88 Å². The summed E-state index contributed by atoms with van der Waals surface area (Å²) >= 11 is 11.8. The van der Waals surface area contributed by atoms with Crippen LogP contribution in [0.3, 0.4) is 0 Å². The van der Waals surface area contributed by atoms with E-state index in [0.29, 0.717) is 23.3 Å². The molecule has 0 unspecified atom stereocenters. The lowest BCUT2D eigenvalue weighted by Gasteiger charge is -2.31. The lowest BCUT2D eigenvalue weighted by atomic mass is 10.2. The van der Waals surface area contributed by atoms with Gasteiger partial charge in [0.2, 0.25) is 5.78 Å². The number of thioether (sulfide) groups is 1. The van der Waals surface area contributed by atoms with Crippen LogP contribution < -0.4 is 0 Å². The summed E-state index contributed by atoms with van der Waals surface area (Å²) in [5, 5.41) is -2.97. The van der Waals surface area contributed by atoms with Gasteiger partial charge >= 0.3 is 5.38 Å². The standard InChI is InChI=1S/C13H12Cl2F2N2OS/c14-11-3-2-9(7-18-11)8-19-4-1-5-21-12(19)6-10(20)13(15,16)17/h2-3,6-7H,1,4-5,8H2. The maximum Gasteiger partial charge on any atom is 0.384 e. The molecule has 0 amide bonds. The second-order valence-corrected chi connectivity index (χ2v) is 6.43. The minimum Gasteiger partial charge on any atom is -0.362 e. The molecule has 8 heteroatoms. The first-order valence-corrected chi connectivity index (χ1v) is 7.91. The molecule has 0 spiro atoms. The van der Waals surface area contributed by atoms with E-state index in [9.17, 15) is 13.6 Å². The summed E-state index contributed by atoms with van der Waals surface area (Å²) in [4.78, 5) is 17.2. The van der Waals surface area contributed by atoms with Crippen LogP contribution in [0.4, 0.5) is 8.78 Å². The summed E-state index contributed by atoms with van der Waals surface area (Å²) in [6.45, 7) is 1.16. The van der Waals surface area contributed by atoms with Gasteiger partial charge in [0.15, 0.2) is 0 Å². The van der Waals surface area contributed by atoms with Gasteiger partial charge in [-0.05, 0) is 29.7 Å². The average Bonchev–Trinajstić information content (AvgIpc) is 2.42. The van der Waals surface area contributed by atoms with E-state index in [-0.39, 0.29) is 0 Å². The smallest absolute Gasteiger partial charge is 0.362 e. The molecule has 1 aliphatic heterocycles. The Bertz CT molecular complexity index is 546. The first-order chi connectivity index (χ1) is 9.86. The lowest BCUT2D eigenvalue weighted by Crippen LogP contribution is -2.29. The van der Waals surface area contributed by atoms with Crippen molar-refractivity contribution in [1.29, 1.82) is 0 Å². The number of hydrogen-bond acceptors (Lipinski definition) is 4. The molecule has 1 fully saturated rings. The van der Waals surface area contributed by atoms with Crippen molar-refractivity contribution >= 4 is 40.7 Å². The number of halogens is 4. The maximum atomic E-state index is 12.8. The molecule has 0 saturated carbocycles. The van der Waals surface area contributed by atoms with E-state index in [1.807, 2.05) is 11.0 Å². The molecule has 3 nitrogen and oxygen atoms in total. The lowest BCUT2D eigenvalue weighted by molar-refractivity contribution is -0.128. The molecule has 1 aliphatic rings. The van der Waals surface area contributed by atoms with Gasteiger partial charge in [0.1, 0.15) is 5.15 Å². The van der Waals surface area contributed by atoms with Crippen LogP contribution >= 0.6 is 35.0 Å². The van der Waals surface area contributed by atoms with Crippen LogP contribution in [0.15, 0.2) is 29.4 Å². The Morgan fingerprint density at radius 2 is 2.29 bits per heavy atom. The predicted octanol–water partition coefficient (Wildman–Crippen LogP) is 3.92. The fourth-order valence-corrected chi connectivity index (χ4v) is 3.02. The van der Waals surface area contributed by atoms with Crippen LogP contribution in [0, 0.1) is 0 Å². The first kappa shape index (κ1) is 16.5. The van der Waals surface area contributed by atoms with Gasteiger partial charge in [-0.25, -0.2) is 4.98 Å². The third kappa shape index (κ3) is 4.83. The molecular weight excluding hydrogens is 341 g/mol. The predicted molar refractivity (Wildman–Crippen MR) is 80.6 cm³/mol. The molecule has 1 aromatic heterocycles. The van der Waals surface area contributed by atoms with Crippen molar-refractivity contribution in [3.63, 3.8) is 0 Å². The van der Waals surface area contributed by atoms with Crippen molar-refractivity contribution in [3.05, 3.63) is 40.2 Å². The van der Waals surface area contributed by atoms with Gasteiger partial charge in [0, 0.05) is 31.1 Å². The van der Waals surface area contributed by atoms with Crippen LogP contribution in [-0.4, -0.2) is 33.3 Å². The van der Waals surface area contributed by atoms with Crippen molar-refractivity contribution in [2.45, 2.75) is 18.3 Å². The molecule has 2 rings (SSSR count). The van der Waals surface area contributed by atoms with Gasteiger partial charge < -0.3 is 4.90 Å². The summed E-state index contributed by atoms with van der Waals surface area (Å²) in [6.07, 6.45) is 3.45. The van der Waals surface area contributed by atoms with E-state index in [1.54, 1.807) is 12.3 Å². The molecule has 1 saturated heterocycles. The average molecular weight is 353 g/mol. The highest BCUT2D eigenvalue weighted by Crippen LogP contribution is 2.30. The highest BCUT2D eigenvalue weighted by molar-refractivity contribution is 8.03. The van der Waals surface area contributed by atoms with E-state index < -0.39 is 11.2 Å². The molecule has 0 radical (unpaired) electrons. The molecule has 0 N–H and O–H groups in total. The Morgan fingerprint density at radius 1 is 1.52 bits per heavy atom. The Balaban J connectivity index is 2.14. The number of rotatable bonds is 4. The zero-order valence-electron chi connectivity index (χ0n) is 10.9. The van der Waals surface area contributed by atoms with E-state index in [2.05, 4.69) is 4.98 Å². The minimum atomic E-state index is -3.86. The zero-order valence-corrected chi connectivity index (χ0v) is 13.2. The van der Waals surface area contributed by atoms with Crippen molar-refractivity contribution < 1.29 is 13.6 Å². The van der Waals surface area contributed by atoms with Crippen LogP contribution in [-0.2, 0) is 11.3 Å². The fraction of sp³-hybridized carbons (Fsp3) is 0.385. The summed E-state index contributed by atoms with van der Waals surface area (Å²) in [5.41, 5.74) is 0.887. The summed E-state index contributed by atoms with van der Waals surface area (Å²) in [7, 11) is 0. The summed E-state index contributed by atoms with van der Waals surface area (Å²) < 4.78 is 25.6.